The first-order chi connectivity index (χ1) is 11.0. The molecule has 2 aromatic rings. The SMILES string of the molecule is Cc1cc(COC(=O)NNC(=O)Cc2ccccc2)ccc1Cl. The van der Waals surface area contributed by atoms with E-state index in [1.54, 1.807) is 12.1 Å². The number of amides is 2. The average molecular weight is 333 g/mol. The molecule has 0 aliphatic heterocycles. The van der Waals surface area contributed by atoms with Gasteiger partial charge in [0.1, 0.15) is 6.61 Å². The second kappa shape index (κ2) is 8.19. The molecule has 0 atom stereocenters. The molecule has 0 aliphatic carbocycles. The molecule has 5 nitrogen and oxygen atoms in total. The fourth-order valence-corrected chi connectivity index (χ4v) is 2.05. The Morgan fingerprint density at radius 3 is 2.48 bits per heavy atom. The standard InChI is InChI=1S/C17H17ClN2O3/c1-12-9-14(7-8-15(12)18)11-23-17(22)20-19-16(21)10-13-5-3-2-4-6-13/h2-9H,10-11H2,1H3,(H,19,21)(H,20,22). The number of nitrogens with one attached hydrogen (secondary N) is 2. The van der Waals surface area contributed by atoms with Gasteiger partial charge in [-0.2, -0.15) is 0 Å². The highest BCUT2D eigenvalue weighted by Crippen LogP contribution is 2.16. The predicted octanol–water partition coefficient (Wildman–Crippen LogP) is 3.15. The molecule has 0 aromatic heterocycles. The van der Waals surface area contributed by atoms with Crippen LogP contribution >= 0.6 is 11.6 Å². The van der Waals surface area contributed by atoms with Crippen LogP contribution in [0, 0.1) is 6.92 Å². The minimum atomic E-state index is -0.723. The van der Waals surface area contributed by atoms with Crippen molar-refractivity contribution in [1.82, 2.24) is 10.9 Å². The third kappa shape index (κ3) is 5.64. The third-order valence-electron chi connectivity index (χ3n) is 3.10. The molecule has 0 unspecified atom stereocenters. The predicted molar refractivity (Wildman–Crippen MR) is 87.8 cm³/mol. The van der Waals surface area contributed by atoms with Crippen LogP contribution in [-0.2, 0) is 22.6 Å². The minimum Gasteiger partial charge on any atom is -0.443 e. The molecule has 23 heavy (non-hydrogen) atoms. The van der Waals surface area contributed by atoms with Crippen LogP contribution in [0.5, 0.6) is 0 Å². The van der Waals surface area contributed by atoms with Gasteiger partial charge in [-0.15, -0.1) is 0 Å². The first-order valence-electron chi connectivity index (χ1n) is 7.05. The summed E-state index contributed by atoms with van der Waals surface area (Å²) in [5, 5.41) is 0.659. The van der Waals surface area contributed by atoms with Gasteiger partial charge in [0.15, 0.2) is 0 Å². The van der Waals surface area contributed by atoms with E-state index in [2.05, 4.69) is 10.9 Å². The number of aryl methyl sites for hydroxylation is 1. The van der Waals surface area contributed by atoms with E-state index >= 15 is 0 Å². The average Bonchev–Trinajstić information content (AvgIpc) is 2.55. The number of ether oxygens (including phenoxy) is 1. The van der Waals surface area contributed by atoms with Gasteiger partial charge < -0.3 is 4.74 Å². The largest absolute Gasteiger partial charge is 0.443 e. The molecule has 2 rings (SSSR count). The van der Waals surface area contributed by atoms with Crippen LogP contribution < -0.4 is 10.9 Å². The highest BCUT2D eigenvalue weighted by molar-refractivity contribution is 6.31. The van der Waals surface area contributed by atoms with Crippen molar-refractivity contribution in [3.05, 3.63) is 70.2 Å². The van der Waals surface area contributed by atoms with E-state index in [1.807, 2.05) is 43.3 Å². The lowest BCUT2D eigenvalue weighted by Gasteiger charge is -2.09. The quantitative estimate of drug-likeness (QED) is 0.845. The Labute approximate surface area is 139 Å². The van der Waals surface area contributed by atoms with Crippen molar-refractivity contribution < 1.29 is 14.3 Å². The van der Waals surface area contributed by atoms with Crippen molar-refractivity contribution >= 4 is 23.6 Å². The molecule has 0 saturated heterocycles. The normalized spacial score (nSPS) is 10.0. The molecular weight excluding hydrogens is 316 g/mol. The van der Waals surface area contributed by atoms with Crippen LogP contribution in [0.4, 0.5) is 4.79 Å². The second-order valence-electron chi connectivity index (χ2n) is 5.00. The topological polar surface area (TPSA) is 67.4 Å². The van der Waals surface area contributed by atoms with Gasteiger partial charge in [0, 0.05) is 5.02 Å². The zero-order valence-electron chi connectivity index (χ0n) is 12.6. The van der Waals surface area contributed by atoms with Crippen LogP contribution in [-0.4, -0.2) is 12.0 Å². The summed E-state index contributed by atoms with van der Waals surface area (Å²) in [5.74, 6) is -0.324. The number of carbonyl (C=O) groups is 2. The molecule has 120 valence electrons. The van der Waals surface area contributed by atoms with Gasteiger partial charge in [-0.1, -0.05) is 54.1 Å². The molecule has 6 heteroatoms. The smallest absolute Gasteiger partial charge is 0.426 e. The molecule has 0 saturated carbocycles. The van der Waals surface area contributed by atoms with E-state index in [9.17, 15) is 9.59 Å². The van der Waals surface area contributed by atoms with Gasteiger partial charge in [-0.3, -0.25) is 10.2 Å². The molecule has 2 aromatic carbocycles. The summed E-state index contributed by atoms with van der Waals surface area (Å²) in [4.78, 5) is 23.2. The molecule has 0 radical (unpaired) electrons. The minimum absolute atomic E-state index is 0.0956. The van der Waals surface area contributed by atoms with Crippen LogP contribution in [0.25, 0.3) is 0 Å². The Morgan fingerprint density at radius 1 is 1.04 bits per heavy atom. The molecule has 0 spiro atoms. The van der Waals surface area contributed by atoms with Crippen LogP contribution in [0.3, 0.4) is 0 Å². The highest BCUT2D eigenvalue weighted by Gasteiger charge is 2.07. The molecule has 0 aliphatic rings. The lowest BCUT2D eigenvalue weighted by Crippen LogP contribution is -2.42. The zero-order chi connectivity index (χ0) is 16.7. The van der Waals surface area contributed by atoms with Crippen molar-refractivity contribution in [3.8, 4) is 0 Å². The van der Waals surface area contributed by atoms with E-state index in [0.717, 1.165) is 16.7 Å². The number of benzene rings is 2. The molecule has 0 fully saturated rings. The lowest BCUT2D eigenvalue weighted by atomic mass is 10.1. The lowest BCUT2D eigenvalue weighted by molar-refractivity contribution is -0.121. The van der Waals surface area contributed by atoms with Crippen LogP contribution in [0.15, 0.2) is 48.5 Å². The van der Waals surface area contributed by atoms with Gasteiger partial charge in [0.05, 0.1) is 6.42 Å². The Balaban J connectivity index is 1.72. The first-order valence-corrected chi connectivity index (χ1v) is 7.43. The Hall–Kier alpha value is -2.53. The number of halogens is 1. The monoisotopic (exact) mass is 332 g/mol. The number of rotatable bonds is 4. The fourth-order valence-electron chi connectivity index (χ4n) is 1.93. The van der Waals surface area contributed by atoms with Crippen LogP contribution in [0.1, 0.15) is 16.7 Å². The summed E-state index contributed by atoms with van der Waals surface area (Å²) < 4.78 is 5.02. The summed E-state index contributed by atoms with van der Waals surface area (Å²) in [5.41, 5.74) is 7.10. The summed E-state index contributed by atoms with van der Waals surface area (Å²) in [6.07, 6.45) is -0.545. The van der Waals surface area contributed by atoms with Crippen molar-refractivity contribution in [1.29, 1.82) is 0 Å². The third-order valence-corrected chi connectivity index (χ3v) is 3.53. The van der Waals surface area contributed by atoms with E-state index in [4.69, 9.17) is 16.3 Å². The first kappa shape index (κ1) is 16.8. The summed E-state index contributed by atoms with van der Waals surface area (Å²) in [6.45, 7) is 1.97. The summed E-state index contributed by atoms with van der Waals surface area (Å²) in [6, 6.07) is 14.6. The molecule has 0 bridgehead atoms. The van der Waals surface area contributed by atoms with Crippen molar-refractivity contribution in [3.63, 3.8) is 0 Å². The maximum absolute atomic E-state index is 11.7. The number of hydrazine groups is 1. The van der Waals surface area contributed by atoms with Gasteiger partial charge in [-0.25, -0.2) is 10.2 Å². The van der Waals surface area contributed by atoms with Gasteiger partial charge >= 0.3 is 6.09 Å². The Morgan fingerprint density at radius 2 is 1.78 bits per heavy atom. The van der Waals surface area contributed by atoms with E-state index in [0.29, 0.717) is 5.02 Å². The number of hydrogen-bond acceptors (Lipinski definition) is 3. The number of hydrogen-bond donors (Lipinski definition) is 2. The van der Waals surface area contributed by atoms with E-state index in [1.165, 1.54) is 0 Å². The van der Waals surface area contributed by atoms with Crippen LogP contribution in [0.2, 0.25) is 5.02 Å². The Kier molecular flexibility index (Phi) is 6.00. The Bertz CT molecular complexity index is 689. The van der Waals surface area contributed by atoms with Gasteiger partial charge in [0.2, 0.25) is 5.91 Å². The highest BCUT2D eigenvalue weighted by atomic mass is 35.5. The maximum Gasteiger partial charge on any atom is 0.426 e. The summed E-state index contributed by atoms with van der Waals surface area (Å²) >= 11 is 5.93. The van der Waals surface area contributed by atoms with Gasteiger partial charge in [0.25, 0.3) is 0 Å². The van der Waals surface area contributed by atoms with E-state index < -0.39 is 6.09 Å². The molecule has 2 amide bonds. The fraction of sp³-hybridized carbons (Fsp3) is 0.176. The molecule has 0 heterocycles. The van der Waals surface area contributed by atoms with Gasteiger partial charge in [-0.05, 0) is 29.7 Å². The summed E-state index contributed by atoms with van der Waals surface area (Å²) in [7, 11) is 0. The van der Waals surface area contributed by atoms with Crippen molar-refractivity contribution in [2.45, 2.75) is 20.0 Å². The van der Waals surface area contributed by atoms with Crippen molar-refractivity contribution in [2.75, 3.05) is 0 Å². The van der Waals surface area contributed by atoms with E-state index in [-0.39, 0.29) is 18.9 Å². The number of carbonyl (C=O) groups excluding carboxylic acids is 2. The molecule has 2 N–H and O–H groups in total. The molecular formula is C17H17ClN2O3. The zero-order valence-corrected chi connectivity index (χ0v) is 13.4. The maximum atomic E-state index is 11.7. The van der Waals surface area contributed by atoms with Crippen molar-refractivity contribution in [2.24, 2.45) is 0 Å². The second-order valence-corrected chi connectivity index (χ2v) is 5.40.